The third-order valence-corrected chi connectivity index (χ3v) is 2.75. The van der Waals surface area contributed by atoms with Gasteiger partial charge in [-0.15, -0.1) is 0 Å². The van der Waals surface area contributed by atoms with E-state index in [1.165, 1.54) is 0 Å². The second kappa shape index (κ2) is 6.99. The van der Waals surface area contributed by atoms with Gasteiger partial charge in [0, 0.05) is 12.4 Å². The van der Waals surface area contributed by atoms with Gasteiger partial charge in [-0.1, -0.05) is 18.2 Å². The zero-order valence-electron chi connectivity index (χ0n) is 11.7. The molecule has 0 aromatic carbocycles. The summed E-state index contributed by atoms with van der Waals surface area (Å²) >= 11 is 0. The lowest BCUT2D eigenvalue weighted by molar-refractivity contribution is 1.23. The molecule has 5 heteroatoms. The standard InChI is InChI=1S/C17H13N5/c1-3-10-18-14(6-1)12-20-16-8-5-9-17(22-16)21-13-15-7-2-4-11-19-15/h1-13H/b20-12+,21-13+. The zero-order valence-corrected chi connectivity index (χ0v) is 11.7. The molecule has 3 aromatic heterocycles. The van der Waals surface area contributed by atoms with Gasteiger partial charge in [0.15, 0.2) is 11.6 Å². The monoisotopic (exact) mass is 287 g/mol. The fourth-order valence-electron chi connectivity index (χ4n) is 1.73. The van der Waals surface area contributed by atoms with Gasteiger partial charge in [0.1, 0.15) is 0 Å². The molecule has 5 nitrogen and oxygen atoms in total. The fourth-order valence-corrected chi connectivity index (χ4v) is 1.73. The molecule has 22 heavy (non-hydrogen) atoms. The van der Waals surface area contributed by atoms with Crippen LogP contribution in [-0.2, 0) is 0 Å². The van der Waals surface area contributed by atoms with Crippen LogP contribution in [0.1, 0.15) is 11.4 Å². The van der Waals surface area contributed by atoms with E-state index in [0.717, 1.165) is 11.4 Å². The molecule has 0 aliphatic rings. The maximum atomic E-state index is 4.35. The summed E-state index contributed by atoms with van der Waals surface area (Å²) in [6, 6.07) is 16.8. The Morgan fingerprint density at radius 3 is 1.64 bits per heavy atom. The van der Waals surface area contributed by atoms with Crippen molar-refractivity contribution in [2.24, 2.45) is 9.98 Å². The molecule has 0 spiro atoms. The number of pyridine rings is 3. The summed E-state index contributed by atoms with van der Waals surface area (Å²) in [5, 5.41) is 0. The lowest BCUT2D eigenvalue weighted by Crippen LogP contribution is -1.86. The molecule has 0 saturated heterocycles. The highest BCUT2D eigenvalue weighted by atomic mass is 15.0. The Morgan fingerprint density at radius 1 is 0.636 bits per heavy atom. The molecule has 3 aromatic rings. The van der Waals surface area contributed by atoms with E-state index in [0.29, 0.717) is 11.6 Å². The summed E-state index contributed by atoms with van der Waals surface area (Å²) in [5.74, 6) is 1.17. The van der Waals surface area contributed by atoms with Crippen LogP contribution in [0.25, 0.3) is 0 Å². The van der Waals surface area contributed by atoms with Gasteiger partial charge < -0.3 is 0 Å². The predicted molar refractivity (Wildman–Crippen MR) is 87.2 cm³/mol. The number of aliphatic imine (C=N–C) groups is 2. The smallest absolute Gasteiger partial charge is 0.154 e. The van der Waals surface area contributed by atoms with Crippen molar-refractivity contribution in [2.45, 2.75) is 0 Å². The van der Waals surface area contributed by atoms with Crippen LogP contribution in [0.5, 0.6) is 0 Å². The first kappa shape index (κ1) is 13.8. The van der Waals surface area contributed by atoms with Crippen molar-refractivity contribution in [3.8, 4) is 0 Å². The molecule has 0 radical (unpaired) electrons. The minimum atomic E-state index is 0.585. The van der Waals surface area contributed by atoms with Gasteiger partial charge in [0.2, 0.25) is 0 Å². The molecule has 0 amide bonds. The van der Waals surface area contributed by atoms with Gasteiger partial charge >= 0.3 is 0 Å². The summed E-state index contributed by atoms with van der Waals surface area (Å²) in [7, 11) is 0. The van der Waals surface area contributed by atoms with Crippen LogP contribution in [0.2, 0.25) is 0 Å². The Bertz CT molecular complexity index is 718. The molecule has 0 saturated carbocycles. The van der Waals surface area contributed by atoms with Gasteiger partial charge in [-0.05, 0) is 36.4 Å². The van der Waals surface area contributed by atoms with Crippen LogP contribution in [0.15, 0.2) is 77.0 Å². The van der Waals surface area contributed by atoms with Crippen molar-refractivity contribution in [1.82, 2.24) is 15.0 Å². The van der Waals surface area contributed by atoms with Crippen LogP contribution < -0.4 is 0 Å². The minimum absolute atomic E-state index is 0.585. The highest BCUT2D eigenvalue weighted by Gasteiger charge is 1.94. The third kappa shape index (κ3) is 3.89. The SMILES string of the molecule is C(=N\c1cccc(/N=C/c2ccccn2)n1)/c1ccccn1. The number of rotatable bonds is 4. The largest absolute Gasteiger partial charge is 0.255 e. The van der Waals surface area contributed by atoms with Gasteiger partial charge in [0.25, 0.3) is 0 Å². The Balaban J connectivity index is 1.75. The molecular formula is C17H13N5. The van der Waals surface area contributed by atoms with Gasteiger partial charge in [-0.2, -0.15) is 0 Å². The van der Waals surface area contributed by atoms with E-state index < -0.39 is 0 Å². The van der Waals surface area contributed by atoms with Crippen LogP contribution in [-0.4, -0.2) is 27.4 Å². The summed E-state index contributed by atoms with van der Waals surface area (Å²) in [6.45, 7) is 0. The number of hydrogen-bond donors (Lipinski definition) is 0. The predicted octanol–water partition coefficient (Wildman–Crippen LogP) is 3.37. The van der Waals surface area contributed by atoms with E-state index in [2.05, 4.69) is 24.9 Å². The van der Waals surface area contributed by atoms with Crippen molar-refractivity contribution < 1.29 is 0 Å². The third-order valence-electron chi connectivity index (χ3n) is 2.75. The molecule has 106 valence electrons. The lowest BCUT2D eigenvalue weighted by atomic mass is 10.4. The highest BCUT2D eigenvalue weighted by Crippen LogP contribution is 2.14. The molecule has 0 fully saturated rings. The Hall–Kier alpha value is -3.21. The maximum Gasteiger partial charge on any atom is 0.154 e. The topological polar surface area (TPSA) is 63.4 Å². The normalized spacial score (nSPS) is 11.3. The second-order valence-electron chi connectivity index (χ2n) is 4.38. The van der Waals surface area contributed by atoms with Crippen molar-refractivity contribution in [3.05, 3.63) is 78.4 Å². The Morgan fingerprint density at radius 2 is 1.18 bits per heavy atom. The van der Waals surface area contributed by atoms with Crippen LogP contribution in [0, 0.1) is 0 Å². The highest BCUT2D eigenvalue weighted by molar-refractivity contribution is 5.80. The summed E-state index contributed by atoms with van der Waals surface area (Å²) in [6.07, 6.45) is 6.80. The van der Waals surface area contributed by atoms with E-state index in [1.54, 1.807) is 24.8 Å². The summed E-state index contributed by atoms with van der Waals surface area (Å²) in [4.78, 5) is 21.3. The second-order valence-corrected chi connectivity index (χ2v) is 4.38. The quantitative estimate of drug-likeness (QED) is 0.691. The molecule has 3 heterocycles. The van der Waals surface area contributed by atoms with Crippen molar-refractivity contribution in [3.63, 3.8) is 0 Å². The first-order valence-electron chi connectivity index (χ1n) is 6.77. The first-order valence-corrected chi connectivity index (χ1v) is 6.77. The molecule has 0 bridgehead atoms. The van der Waals surface area contributed by atoms with Crippen molar-refractivity contribution >= 4 is 24.1 Å². The molecule has 0 unspecified atom stereocenters. The summed E-state index contributed by atoms with van der Waals surface area (Å²) in [5.41, 5.74) is 1.57. The number of hydrogen-bond acceptors (Lipinski definition) is 5. The van der Waals surface area contributed by atoms with Crippen molar-refractivity contribution in [2.75, 3.05) is 0 Å². The maximum absolute atomic E-state index is 4.35. The van der Waals surface area contributed by atoms with Crippen molar-refractivity contribution in [1.29, 1.82) is 0 Å². The van der Waals surface area contributed by atoms with E-state index in [9.17, 15) is 0 Å². The minimum Gasteiger partial charge on any atom is -0.255 e. The van der Waals surface area contributed by atoms with Gasteiger partial charge in [-0.25, -0.2) is 15.0 Å². The molecule has 0 N–H and O–H groups in total. The molecule has 3 rings (SSSR count). The molecular weight excluding hydrogens is 274 g/mol. The summed E-state index contributed by atoms with van der Waals surface area (Å²) < 4.78 is 0. The Kier molecular flexibility index (Phi) is 4.37. The average Bonchev–Trinajstić information content (AvgIpc) is 2.60. The van der Waals surface area contributed by atoms with E-state index in [-0.39, 0.29) is 0 Å². The number of nitrogens with zero attached hydrogens (tertiary/aromatic N) is 5. The lowest BCUT2D eigenvalue weighted by Gasteiger charge is -1.96. The average molecular weight is 287 g/mol. The van der Waals surface area contributed by atoms with Crippen LogP contribution >= 0.6 is 0 Å². The zero-order chi connectivity index (χ0) is 15.0. The first-order chi connectivity index (χ1) is 10.9. The fraction of sp³-hybridized carbons (Fsp3) is 0. The van der Waals surface area contributed by atoms with Crippen LogP contribution in [0.3, 0.4) is 0 Å². The van der Waals surface area contributed by atoms with Gasteiger partial charge in [-0.3, -0.25) is 9.97 Å². The van der Waals surface area contributed by atoms with Gasteiger partial charge in [0.05, 0.1) is 23.8 Å². The Labute approximate surface area is 128 Å². The van der Waals surface area contributed by atoms with Crippen LogP contribution in [0.4, 0.5) is 11.6 Å². The molecule has 0 aliphatic carbocycles. The molecule has 0 aliphatic heterocycles. The van der Waals surface area contributed by atoms with E-state index in [1.807, 2.05) is 54.6 Å². The number of aromatic nitrogens is 3. The molecule has 0 atom stereocenters. The van der Waals surface area contributed by atoms with E-state index >= 15 is 0 Å². The van der Waals surface area contributed by atoms with E-state index in [4.69, 9.17) is 0 Å².